The fourth-order valence-electron chi connectivity index (χ4n) is 4.77. The number of likely N-dealkylation sites (tertiary alicyclic amines) is 1. The maximum absolute atomic E-state index is 6.05. The molecule has 0 unspecified atom stereocenters. The van der Waals surface area contributed by atoms with Crippen LogP contribution in [0.4, 0.5) is 0 Å². The van der Waals surface area contributed by atoms with Crippen LogP contribution in [0.5, 0.6) is 5.75 Å². The summed E-state index contributed by atoms with van der Waals surface area (Å²) in [5.41, 5.74) is 1.06. The van der Waals surface area contributed by atoms with Crippen LogP contribution in [0.2, 0.25) is 0 Å². The van der Waals surface area contributed by atoms with Crippen molar-refractivity contribution >= 4 is 0 Å². The largest absolute Gasteiger partial charge is 0.497 e. The van der Waals surface area contributed by atoms with E-state index in [-0.39, 0.29) is 5.60 Å². The van der Waals surface area contributed by atoms with Crippen molar-refractivity contribution in [2.45, 2.75) is 50.0 Å². The van der Waals surface area contributed by atoms with Gasteiger partial charge in [0, 0.05) is 44.9 Å². The Morgan fingerprint density at radius 2 is 1.96 bits per heavy atom. The van der Waals surface area contributed by atoms with Crippen molar-refractivity contribution in [3.8, 4) is 11.4 Å². The van der Waals surface area contributed by atoms with Gasteiger partial charge in [-0.1, -0.05) is 0 Å². The molecule has 6 heteroatoms. The third kappa shape index (κ3) is 3.37. The molecule has 1 aliphatic carbocycles. The molecule has 1 aliphatic heterocycles. The lowest BCUT2D eigenvalue weighted by Gasteiger charge is -2.43. The molecule has 4 rings (SSSR count). The number of imidazole rings is 1. The first-order valence-corrected chi connectivity index (χ1v) is 9.68. The summed E-state index contributed by atoms with van der Waals surface area (Å²) in [5, 5.41) is 0. The van der Waals surface area contributed by atoms with Gasteiger partial charge >= 0.3 is 0 Å². The van der Waals surface area contributed by atoms with Crippen LogP contribution in [-0.4, -0.2) is 60.1 Å². The average molecular weight is 371 g/mol. The highest BCUT2D eigenvalue weighted by molar-refractivity contribution is 5.38. The molecule has 146 valence electrons. The molecule has 1 aromatic heterocycles. The molecule has 2 fully saturated rings. The number of rotatable bonds is 6. The van der Waals surface area contributed by atoms with E-state index in [1.165, 1.54) is 0 Å². The molecule has 0 amide bonds. The molecule has 2 aliphatic rings. The molecule has 0 spiro atoms. The molecule has 0 N–H and O–H groups in total. The van der Waals surface area contributed by atoms with Gasteiger partial charge in [0.25, 0.3) is 0 Å². The first-order valence-electron chi connectivity index (χ1n) is 9.68. The Labute approximate surface area is 161 Å². The monoisotopic (exact) mass is 371 g/mol. The van der Waals surface area contributed by atoms with Gasteiger partial charge in [0.05, 0.1) is 25.4 Å². The van der Waals surface area contributed by atoms with Crippen LogP contribution < -0.4 is 4.74 Å². The minimum atomic E-state index is -0.0352. The van der Waals surface area contributed by atoms with Crippen molar-refractivity contribution in [3.63, 3.8) is 0 Å². The second kappa shape index (κ2) is 7.62. The second-order valence-electron chi connectivity index (χ2n) is 7.55. The predicted octanol–water partition coefficient (Wildman–Crippen LogP) is 3.04. The molecule has 2 aromatic rings. The van der Waals surface area contributed by atoms with Gasteiger partial charge in [-0.2, -0.15) is 0 Å². The molecule has 1 aromatic carbocycles. The molecular weight excluding hydrogens is 342 g/mol. The van der Waals surface area contributed by atoms with Gasteiger partial charge in [-0.3, -0.25) is 4.90 Å². The topological polar surface area (TPSA) is 48.8 Å². The number of aromatic nitrogens is 2. The van der Waals surface area contributed by atoms with Crippen molar-refractivity contribution in [1.29, 1.82) is 0 Å². The number of nitrogens with zero attached hydrogens (tertiary/aromatic N) is 3. The predicted molar refractivity (Wildman–Crippen MR) is 103 cm³/mol. The molecule has 1 saturated carbocycles. The van der Waals surface area contributed by atoms with Crippen LogP contribution in [0, 0.1) is 0 Å². The molecule has 3 atom stereocenters. The number of benzene rings is 1. The van der Waals surface area contributed by atoms with Crippen LogP contribution >= 0.6 is 0 Å². The molecule has 6 nitrogen and oxygen atoms in total. The van der Waals surface area contributed by atoms with Crippen LogP contribution in [0.25, 0.3) is 5.69 Å². The zero-order valence-corrected chi connectivity index (χ0v) is 16.4. The van der Waals surface area contributed by atoms with Gasteiger partial charge in [-0.15, -0.1) is 0 Å². The zero-order chi connectivity index (χ0) is 18.9. The molecule has 0 bridgehead atoms. The number of ether oxygens (including phenoxy) is 3. The first kappa shape index (κ1) is 18.5. The average Bonchev–Trinajstić information content (AvgIpc) is 3.33. The lowest BCUT2D eigenvalue weighted by molar-refractivity contribution is -0.0949. The number of hydrogen-bond donors (Lipinski definition) is 0. The van der Waals surface area contributed by atoms with E-state index in [9.17, 15) is 0 Å². The highest BCUT2D eigenvalue weighted by Gasteiger charge is 2.51. The summed E-state index contributed by atoms with van der Waals surface area (Å²) in [6.45, 7) is 1.84. The SMILES string of the molecule is COc1ccc(-n2ccnc2CN2CC[C@]3(OC)CC[C@@H](OC)C[C@H]23)cc1. The molecule has 0 radical (unpaired) electrons. The van der Waals surface area contributed by atoms with Crippen molar-refractivity contribution < 1.29 is 14.2 Å². The highest BCUT2D eigenvalue weighted by atomic mass is 16.5. The van der Waals surface area contributed by atoms with Gasteiger partial charge in [0.1, 0.15) is 11.6 Å². The first-order chi connectivity index (χ1) is 13.2. The van der Waals surface area contributed by atoms with Gasteiger partial charge in [-0.25, -0.2) is 4.98 Å². The fourth-order valence-corrected chi connectivity index (χ4v) is 4.77. The quantitative estimate of drug-likeness (QED) is 0.781. The molecule has 1 saturated heterocycles. The Balaban J connectivity index is 1.55. The van der Waals surface area contributed by atoms with E-state index < -0.39 is 0 Å². The van der Waals surface area contributed by atoms with Crippen LogP contribution in [0.1, 0.15) is 31.5 Å². The Morgan fingerprint density at radius 3 is 2.67 bits per heavy atom. The summed E-state index contributed by atoms with van der Waals surface area (Å²) in [6, 6.07) is 8.47. The zero-order valence-electron chi connectivity index (χ0n) is 16.4. The lowest BCUT2D eigenvalue weighted by Crippen LogP contribution is -2.51. The Kier molecular flexibility index (Phi) is 5.21. The molecular formula is C21H29N3O3. The smallest absolute Gasteiger partial charge is 0.127 e. The van der Waals surface area contributed by atoms with Crippen molar-refractivity contribution in [2.75, 3.05) is 27.9 Å². The van der Waals surface area contributed by atoms with E-state index in [4.69, 9.17) is 14.2 Å². The third-order valence-electron chi connectivity index (χ3n) is 6.40. The standard InChI is InChI=1S/C21H29N3O3/c1-25-17-6-4-16(5-7-17)24-13-11-22-20(24)15-23-12-10-21(27-3)9-8-18(26-2)14-19(21)23/h4-7,11,13,18-19H,8-10,12,14-15H2,1-3H3/t18-,19+,21-/m1/s1. The summed E-state index contributed by atoms with van der Waals surface area (Å²) in [4.78, 5) is 7.17. The summed E-state index contributed by atoms with van der Waals surface area (Å²) in [5.74, 6) is 1.91. The summed E-state index contributed by atoms with van der Waals surface area (Å²) >= 11 is 0. The Morgan fingerprint density at radius 1 is 1.15 bits per heavy atom. The molecule has 27 heavy (non-hydrogen) atoms. The van der Waals surface area contributed by atoms with Gasteiger partial charge in [0.15, 0.2) is 0 Å². The van der Waals surface area contributed by atoms with E-state index in [1.54, 1.807) is 7.11 Å². The van der Waals surface area contributed by atoms with E-state index in [0.717, 1.165) is 56.0 Å². The van der Waals surface area contributed by atoms with Crippen molar-refractivity contribution in [1.82, 2.24) is 14.5 Å². The summed E-state index contributed by atoms with van der Waals surface area (Å²) in [6.07, 6.45) is 8.46. The number of methoxy groups -OCH3 is 3. The number of fused-ring (bicyclic) bond motifs is 1. The minimum Gasteiger partial charge on any atom is -0.497 e. The van der Waals surface area contributed by atoms with Gasteiger partial charge in [0.2, 0.25) is 0 Å². The van der Waals surface area contributed by atoms with E-state index in [0.29, 0.717) is 12.1 Å². The highest BCUT2D eigenvalue weighted by Crippen LogP contribution is 2.43. The Bertz CT molecular complexity index is 760. The van der Waals surface area contributed by atoms with Crippen LogP contribution in [0.15, 0.2) is 36.7 Å². The van der Waals surface area contributed by atoms with Gasteiger partial charge in [-0.05, 0) is 49.9 Å². The second-order valence-corrected chi connectivity index (χ2v) is 7.55. The van der Waals surface area contributed by atoms with E-state index >= 15 is 0 Å². The number of hydrogen-bond acceptors (Lipinski definition) is 5. The third-order valence-corrected chi connectivity index (χ3v) is 6.40. The maximum atomic E-state index is 6.05. The lowest BCUT2D eigenvalue weighted by atomic mass is 9.79. The normalized spacial score (nSPS) is 28.3. The summed E-state index contributed by atoms with van der Waals surface area (Å²) < 4.78 is 19.1. The van der Waals surface area contributed by atoms with E-state index in [2.05, 4.69) is 26.6 Å². The van der Waals surface area contributed by atoms with Crippen molar-refractivity contribution in [2.24, 2.45) is 0 Å². The Hall–Kier alpha value is -1.89. The summed E-state index contributed by atoms with van der Waals surface area (Å²) in [7, 11) is 5.37. The fraction of sp³-hybridized carbons (Fsp3) is 0.571. The molecule has 2 heterocycles. The maximum Gasteiger partial charge on any atom is 0.127 e. The van der Waals surface area contributed by atoms with E-state index in [1.807, 2.05) is 38.7 Å². The minimum absolute atomic E-state index is 0.0352. The van der Waals surface area contributed by atoms with Crippen LogP contribution in [0.3, 0.4) is 0 Å². The van der Waals surface area contributed by atoms with Crippen molar-refractivity contribution in [3.05, 3.63) is 42.5 Å². The van der Waals surface area contributed by atoms with Crippen LogP contribution in [-0.2, 0) is 16.0 Å². The van der Waals surface area contributed by atoms with Gasteiger partial charge < -0.3 is 18.8 Å².